The average molecular weight is 256 g/mol. The minimum Gasteiger partial charge on any atom is -0.484 e. The summed E-state index contributed by atoms with van der Waals surface area (Å²) in [6, 6.07) is 5.74. The number of nitrogens with two attached hydrogens (primary N) is 1. The van der Waals surface area contributed by atoms with Gasteiger partial charge in [0, 0.05) is 12.1 Å². The first-order valence-corrected chi connectivity index (χ1v) is 5.41. The molecule has 1 heterocycles. The molecule has 3 nitrogen and oxygen atoms in total. The highest BCUT2D eigenvalue weighted by molar-refractivity contribution is 6.32. The van der Waals surface area contributed by atoms with Gasteiger partial charge in [0.1, 0.15) is 23.9 Å². The Morgan fingerprint density at radius 2 is 2.18 bits per heavy atom. The van der Waals surface area contributed by atoms with Gasteiger partial charge in [0.15, 0.2) is 0 Å². The maximum atomic E-state index is 12.8. The van der Waals surface area contributed by atoms with E-state index in [1.165, 1.54) is 18.2 Å². The van der Waals surface area contributed by atoms with E-state index < -0.39 is 5.82 Å². The van der Waals surface area contributed by atoms with Crippen LogP contribution in [-0.2, 0) is 13.2 Å². The van der Waals surface area contributed by atoms with Crippen LogP contribution in [0.1, 0.15) is 11.3 Å². The minimum absolute atomic E-state index is 0.213. The largest absolute Gasteiger partial charge is 0.484 e. The van der Waals surface area contributed by atoms with E-state index >= 15 is 0 Å². The zero-order chi connectivity index (χ0) is 12.3. The van der Waals surface area contributed by atoms with E-state index in [0.29, 0.717) is 18.1 Å². The molecule has 0 bridgehead atoms. The highest BCUT2D eigenvalue weighted by Gasteiger charge is 2.08. The summed E-state index contributed by atoms with van der Waals surface area (Å²) in [5.41, 5.74) is 6.40. The molecule has 0 radical (unpaired) electrons. The van der Waals surface area contributed by atoms with Gasteiger partial charge in [-0.15, -0.1) is 0 Å². The molecule has 2 rings (SSSR count). The minimum atomic E-state index is -0.400. The quantitative estimate of drug-likeness (QED) is 0.913. The van der Waals surface area contributed by atoms with E-state index in [9.17, 15) is 4.39 Å². The Morgan fingerprint density at radius 3 is 2.88 bits per heavy atom. The summed E-state index contributed by atoms with van der Waals surface area (Å²) in [6.07, 6.45) is 1.55. The van der Waals surface area contributed by atoms with Crippen molar-refractivity contribution in [3.63, 3.8) is 0 Å². The number of hydrogen-bond donors (Lipinski definition) is 1. The van der Waals surface area contributed by atoms with Crippen molar-refractivity contribution in [3.8, 4) is 5.75 Å². The topological polar surface area (TPSA) is 48.4 Å². The third kappa shape index (κ3) is 2.78. The normalized spacial score (nSPS) is 10.5. The van der Waals surface area contributed by atoms with Gasteiger partial charge in [-0.05, 0) is 24.3 Å². The number of benzene rings is 1. The van der Waals surface area contributed by atoms with E-state index in [0.717, 1.165) is 5.56 Å². The third-order valence-corrected chi connectivity index (χ3v) is 2.61. The summed E-state index contributed by atoms with van der Waals surface area (Å²) >= 11 is 5.82. The molecule has 2 N–H and O–H groups in total. The summed E-state index contributed by atoms with van der Waals surface area (Å²) in [4.78, 5) is 0. The maximum absolute atomic E-state index is 12.8. The lowest BCUT2D eigenvalue weighted by Gasteiger charge is -2.07. The van der Waals surface area contributed by atoms with Crippen molar-refractivity contribution in [1.82, 2.24) is 0 Å². The lowest BCUT2D eigenvalue weighted by Crippen LogP contribution is -2.02. The molecule has 1 aromatic carbocycles. The van der Waals surface area contributed by atoms with Gasteiger partial charge in [-0.2, -0.15) is 0 Å². The maximum Gasteiger partial charge on any atom is 0.146 e. The lowest BCUT2D eigenvalue weighted by atomic mass is 10.2. The van der Waals surface area contributed by atoms with Crippen molar-refractivity contribution in [3.05, 3.63) is 52.7 Å². The first-order valence-electron chi connectivity index (χ1n) is 5.04. The fraction of sp³-hybridized carbons (Fsp3) is 0.167. The number of rotatable bonds is 4. The van der Waals surface area contributed by atoms with Crippen LogP contribution in [0.25, 0.3) is 0 Å². The molecule has 0 aliphatic carbocycles. The van der Waals surface area contributed by atoms with E-state index in [-0.39, 0.29) is 11.6 Å². The van der Waals surface area contributed by atoms with Crippen LogP contribution in [0.4, 0.5) is 4.39 Å². The fourth-order valence-electron chi connectivity index (χ4n) is 1.41. The van der Waals surface area contributed by atoms with Gasteiger partial charge in [-0.3, -0.25) is 0 Å². The smallest absolute Gasteiger partial charge is 0.146 e. The molecule has 0 saturated carbocycles. The molecule has 0 amide bonds. The molecule has 0 saturated heterocycles. The van der Waals surface area contributed by atoms with E-state index in [4.69, 9.17) is 26.5 Å². The van der Waals surface area contributed by atoms with Crippen LogP contribution < -0.4 is 10.5 Å². The van der Waals surface area contributed by atoms with Crippen molar-refractivity contribution < 1.29 is 13.5 Å². The van der Waals surface area contributed by atoms with Crippen molar-refractivity contribution in [2.24, 2.45) is 5.73 Å². The predicted octanol–water partition coefficient (Wildman–Crippen LogP) is 3.11. The first kappa shape index (κ1) is 12.0. The van der Waals surface area contributed by atoms with Crippen molar-refractivity contribution in [1.29, 1.82) is 0 Å². The summed E-state index contributed by atoms with van der Waals surface area (Å²) in [6.45, 7) is 0.594. The van der Waals surface area contributed by atoms with Gasteiger partial charge >= 0.3 is 0 Å². The Kier molecular flexibility index (Phi) is 3.66. The summed E-state index contributed by atoms with van der Waals surface area (Å²) in [5, 5.41) is 0.228. The molecule has 2 aromatic rings. The summed E-state index contributed by atoms with van der Waals surface area (Å²) in [5.74, 6) is 0.656. The van der Waals surface area contributed by atoms with Crippen LogP contribution in [0, 0.1) is 5.82 Å². The van der Waals surface area contributed by atoms with Crippen molar-refractivity contribution >= 4 is 11.6 Å². The molecule has 1 aromatic heterocycles. The molecule has 0 atom stereocenters. The zero-order valence-electron chi connectivity index (χ0n) is 8.95. The lowest BCUT2D eigenvalue weighted by molar-refractivity contribution is 0.268. The second-order valence-electron chi connectivity index (χ2n) is 3.44. The van der Waals surface area contributed by atoms with Crippen LogP contribution in [-0.4, -0.2) is 0 Å². The number of ether oxygens (including phenoxy) is 1. The van der Waals surface area contributed by atoms with Gasteiger partial charge in [0.05, 0.1) is 11.3 Å². The number of hydrogen-bond acceptors (Lipinski definition) is 3. The molecule has 0 unspecified atom stereocenters. The van der Waals surface area contributed by atoms with Crippen LogP contribution in [0.15, 0.2) is 34.9 Å². The Balaban J connectivity index is 2.07. The zero-order valence-corrected chi connectivity index (χ0v) is 9.71. The number of halogens is 2. The van der Waals surface area contributed by atoms with Gasteiger partial charge in [0.25, 0.3) is 0 Å². The monoisotopic (exact) mass is 255 g/mol. The van der Waals surface area contributed by atoms with E-state index in [1.54, 1.807) is 12.3 Å². The highest BCUT2D eigenvalue weighted by atomic mass is 35.5. The molecule has 0 fully saturated rings. The Labute approximate surface area is 103 Å². The predicted molar refractivity (Wildman–Crippen MR) is 62.3 cm³/mol. The van der Waals surface area contributed by atoms with Crippen molar-refractivity contribution in [2.45, 2.75) is 13.2 Å². The molecule has 0 aliphatic rings. The Hall–Kier alpha value is -1.52. The molecule has 90 valence electrons. The van der Waals surface area contributed by atoms with Crippen molar-refractivity contribution in [2.75, 3.05) is 0 Å². The van der Waals surface area contributed by atoms with Crippen LogP contribution in [0.3, 0.4) is 0 Å². The van der Waals surface area contributed by atoms with Crippen LogP contribution in [0.2, 0.25) is 5.02 Å². The molecule has 5 heteroatoms. The van der Waals surface area contributed by atoms with Gasteiger partial charge in [-0.1, -0.05) is 11.6 Å². The third-order valence-electron chi connectivity index (χ3n) is 2.31. The van der Waals surface area contributed by atoms with Crippen LogP contribution in [0.5, 0.6) is 5.75 Å². The molecular formula is C12H11ClFNO2. The average Bonchev–Trinajstić information content (AvgIpc) is 2.75. The summed E-state index contributed by atoms with van der Waals surface area (Å²) in [7, 11) is 0. The van der Waals surface area contributed by atoms with Gasteiger partial charge in [0.2, 0.25) is 0 Å². The first-order chi connectivity index (χ1) is 8.20. The fourth-order valence-corrected chi connectivity index (χ4v) is 1.63. The number of furan rings is 1. The standard InChI is InChI=1S/C12H11ClFNO2/c13-10-5-9(14)1-2-11(10)17-7-12-8(6-15)3-4-16-12/h1-5H,6-7,15H2. The molecule has 0 spiro atoms. The Bertz CT molecular complexity index is 513. The highest BCUT2D eigenvalue weighted by Crippen LogP contribution is 2.26. The van der Waals surface area contributed by atoms with Gasteiger partial charge < -0.3 is 14.9 Å². The molecule has 0 aliphatic heterocycles. The second-order valence-corrected chi connectivity index (χ2v) is 3.84. The summed E-state index contributed by atoms with van der Waals surface area (Å²) < 4.78 is 23.5. The second kappa shape index (κ2) is 5.21. The SMILES string of the molecule is NCc1ccoc1COc1ccc(F)cc1Cl. The molecule has 17 heavy (non-hydrogen) atoms. The van der Waals surface area contributed by atoms with E-state index in [2.05, 4.69) is 0 Å². The molecular weight excluding hydrogens is 245 g/mol. The van der Waals surface area contributed by atoms with Gasteiger partial charge in [-0.25, -0.2) is 4.39 Å². The Morgan fingerprint density at radius 1 is 1.35 bits per heavy atom. The van der Waals surface area contributed by atoms with E-state index in [1.807, 2.05) is 0 Å². The van der Waals surface area contributed by atoms with Crippen LogP contribution >= 0.6 is 11.6 Å².